The van der Waals surface area contributed by atoms with Crippen LogP contribution in [0.15, 0.2) is 18.2 Å². The quantitative estimate of drug-likeness (QED) is 0.894. The van der Waals surface area contributed by atoms with Gasteiger partial charge in [-0.3, -0.25) is 4.79 Å². The normalized spacial score (nSPS) is 18.1. The summed E-state index contributed by atoms with van der Waals surface area (Å²) in [4.78, 5) is 12.2. The van der Waals surface area contributed by atoms with Gasteiger partial charge in [-0.05, 0) is 49.9 Å². The second-order valence-electron chi connectivity index (χ2n) is 5.68. The highest BCUT2D eigenvalue weighted by molar-refractivity contribution is 6.34. The molecule has 4 heteroatoms. The Kier molecular flexibility index (Phi) is 4.48. The van der Waals surface area contributed by atoms with Crippen molar-refractivity contribution >= 4 is 17.5 Å². The van der Waals surface area contributed by atoms with E-state index in [2.05, 4.69) is 17.6 Å². The van der Waals surface area contributed by atoms with E-state index in [1.54, 1.807) is 6.07 Å². The van der Waals surface area contributed by atoms with Gasteiger partial charge in [-0.1, -0.05) is 30.7 Å². The summed E-state index contributed by atoms with van der Waals surface area (Å²) in [5.41, 5.74) is 1.69. The van der Waals surface area contributed by atoms with Crippen LogP contribution in [0.3, 0.4) is 0 Å². The van der Waals surface area contributed by atoms with Gasteiger partial charge in [0.2, 0.25) is 0 Å². The van der Waals surface area contributed by atoms with Crippen molar-refractivity contribution in [2.24, 2.45) is 5.41 Å². The van der Waals surface area contributed by atoms with Crippen LogP contribution in [-0.4, -0.2) is 25.5 Å². The maximum absolute atomic E-state index is 12.2. The molecule has 1 aromatic carbocycles. The van der Waals surface area contributed by atoms with E-state index >= 15 is 0 Å². The van der Waals surface area contributed by atoms with Gasteiger partial charge >= 0.3 is 0 Å². The van der Waals surface area contributed by atoms with Gasteiger partial charge in [-0.2, -0.15) is 0 Å². The van der Waals surface area contributed by atoms with Gasteiger partial charge in [0.25, 0.3) is 5.91 Å². The molecule has 0 radical (unpaired) electrons. The predicted molar refractivity (Wildman–Crippen MR) is 78.7 cm³/mol. The van der Waals surface area contributed by atoms with E-state index in [0.717, 1.165) is 31.5 Å². The molecule has 0 aliphatic carbocycles. The minimum atomic E-state index is -0.0755. The third-order valence-electron chi connectivity index (χ3n) is 3.92. The first-order valence-electron chi connectivity index (χ1n) is 6.76. The molecule has 3 nitrogen and oxygen atoms in total. The SMILES string of the molecule is Cc1cccc(C(=O)NCC2(C)CCNCC2)c1Cl. The van der Waals surface area contributed by atoms with Crippen LogP contribution in [0.5, 0.6) is 0 Å². The molecule has 2 rings (SSSR count). The molecule has 1 amide bonds. The van der Waals surface area contributed by atoms with Gasteiger partial charge < -0.3 is 10.6 Å². The van der Waals surface area contributed by atoms with Crippen LogP contribution in [0, 0.1) is 12.3 Å². The zero-order chi connectivity index (χ0) is 13.9. The Labute approximate surface area is 119 Å². The zero-order valence-corrected chi connectivity index (χ0v) is 12.3. The Bertz CT molecular complexity index is 467. The Morgan fingerprint density at radius 1 is 1.42 bits per heavy atom. The van der Waals surface area contributed by atoms with Gasteiger partial charge in [0, 0.05) is 6.54 Å². The Morgan fingerprint density at radius 2 is 2.11 bits per heavy atom. The van der Waals surface area contributed by atoms with Gasteiger partial charge in [-0.25, -0.2) is 0 Å². The Hall–Kier alpha value is -1.06. The van der Waals surface area contributed by atoms with Crippen LogP contribution in [-0.2, 0) is 0 Å². The van der Waals surface area contributed by atoms with E-state index in [1.165, 1.54) is 0 Å². The number of rotatable bonds is 3. The maximum Gasteiger partial charge on any atom is 0.252 e. The smallest absolute Gasteiger partial charge is 0.252 e. The van der Waals surface area contributed by atoms with Gasteiger partial charge in [-0.15, -0.1) is 0 Å². The molecule has 1 heterocycles. The summed E-state index contributed by atoms with van der Waals surface area (Å²) in [5.74, 6) is -0.0755. The maximum atomic E-state index is 12.2. The average Bonchev–Trinajstić information content (AvgIpc) is 2.40. The lowest BCUT2D eigenvalue weighted by molar-refractivity contribution is 0.0922. The molecule has 1 saturated heterocycles. The molecular formula is C15H21ClN2O. The molecule has 104 valence electrons. The first-order chi connectivity index (χ1) is 9.02. The Balaban J connectivity index is 1.99. The average molecular weight is 281 g/mol. The fourth-order valence-corrected chi connectivity index (χ4v) is 2.63. The van der Waals surface area contributed by atoms with E-state index in [9.17, 15) is 4.79 Å². The monoisotopic (exact) mass is 280 g/mol. The number of aryl methyl sites for hydroxylation is 1. The number of carbonyl (C=O) groups excluding carboxylic acids is 1. The van der Waals surface area contributed by atoms with Crippen LogP contribution >= 0.6 is 11.6 Å². The van der Waals surface area contributed by atoms with Crippen LogP contribution in [0.25, 0.3) is 0 Å². The number of hydrogen-bond donors (Lipinski definition) is 2. The molecule has 0 aromatic heterocycles. The third-order valence-corrected chi connectivity index (χ3v) is 4.42. The molecule has 1 aliphatic heterocycles. The highest BCUT2D eigenvalue weighted by Gasteiger charge is 2.27. The van der Waals surface area contributed by atoms with E-state index < -0.39 is 0 Å². The first kappa shape index (κ1) is 14.4. The lowest BCUT2D eigenvalue weighted by Crippen LogP contribution is -2.42. The molecular weight excluding hydrogens is 260 g/mol. The standard InChI is InChI=1S/C15H21ClN2O/c1-11-4-3-5-12(13(11)16)14(19)18-10-15(2)6-8-17-9-7-15/h3-5,17H,6-10H2,1-2H3,(H,18,19). The van der Waals surface area contributed by atoms with Crippen molar-refractivity contribution in [3.8, 4) is 0 Å². The second-order valence-corrected chi connectivity index (χ2v) is 6.06. The lowest BCUT2D eigenvalue weighted by atomic mass is 9.81. The number of hydrogen-bond acceptors (Lipinski definition) is 2. The number of benzene rings is 1. The van der Waals surface area contributed by atoms with Crippen LogP contribution < -0.4 is 10.6 Å². The minimum Gasteiger partial charge on any atom is -0.351 e. The Morgan fingerprint density at radius 3 is 2.79 bits per heavy atom. The fraction of sp³-hybridized carbons (Fsp3) is 0.533. The molecule has 1 fully saturated rings. The van der Waals surface area contributed by atoms with E-state index in [1.807, 2.05) is 19.1 Å². The molecule has 19 heavy (non-hydrogen) atoms. The first-order valence-corrected chi connectivity index (χ1v) is 7.14. The van der Waals surface area contributed by atoms with Gasteiger partial charge in [0.1, 0.15) is 0 Å². The summed E-state index contributed by atoms with van der Waals surface area (Å²) in [6, 6.07) is 5.55. The number of halogens is 1. The van der Waals surface area contributed by atoms with Crippen molar-refractivity contribution in [3.05, 3.63) is 34.3 Å². The molecule has 0 bridgehead atoms. The molecule has 0 saturated carbocycles. The lowest BCUT2D eigenvalue weighted by Gasteiger charge is -2.34. The highest BCUT2D eigenvalue weighted by atomic mass is 35.5. The molecule has 0 spiro atoms. The topological polar surface area (TPSA) is 41.1 Å². The minimum absolute atomic E-state index is 0.0755. The number of nitrogens with one attached hydrogen (secondary N) is 2. The summed E-state index contributed by atoms with van der Waals surface area (Å²) in [6.45, 7) is 6.89. The molecule has 0 unspecified atom stereocenters. The van der Waals surface area contributed by atoms with Crippen LogP contribution in [0.4, 0.5) is 0 Å². The van der Waals surface area contributed by atoms with Crippen molar-refractivity contribution < 1.29 is 4.79 Å². The van der Waals surface area contributed by atoms with Crippen molar-refractivity contribution in [2.45, 2.75) is 26.7 Å². The van der Waals surface area contributed by atoms with Crippen molar-refractivity contribution in [1.82, 2.24) is 10.6 Å². The number of piperidine rings is 1. The summed E-state index contributed by atoms with van der Waals surface area (Å²) >= 11 is 6.17. The van der Waals surface area contributed by atoms with Gasteiger partial charge in [0.05, 0.1) is 10.6 Å². The molecule has 1 aliphatic rings. The summed E-state index contributed by atoms with van der Waals surface area (Å²) in [6.07, 6.45) is 2.18. The molecule has 0 atom stereocenters. The van der Waals surface area contributed by atoms with E-state index in [0.29, 0.717) is 17.1 Å². The summed E-state index contributed by atoms with van der Waals surface area (Å²) in [5, 5.41) is 6.92. The van der Waals surface area contributed by atoms with Crippen molar-refractivity contribution in [2.75, 3.05) is 19.6 Å². The van der Waals surface area contributed by atoms with E-state index in [-0.39, 0.29) is 11.3 Å². The fourth-order valence-electron chi connectivity index (χ4n) is 2.42. The van der Waals surface area contributed by atoms with Crippen LogP contribution in [0.1, 0.15) is 35.7 Å². The third kappa shape index (κ3) is 3.48. The second kappa shape index (κ2) is 5.93. The number of amides is 1. The summed E-state index contributed by atoms with van der Waals surface area (Å²) in [7, 11) is 0. The van der Waals surface area contributed by atoms with Crippen molar-refractivity contribution in [1.29, 1.82) is 0 Å². The largest absolute Gasteiger partial charge is 0.351 e. The number of carbonyl (C=O) groups is 1. The van der Waals surface area contributed by atoms with Gasteiger partial charge in [0.15, 0.2) is 0 Å². The highest BCUT2D eigenvalue weighted by Crippen LogP contribution is 2.27. The molecule has 1 aromatic rings. The summed E-state index contributed by atoms with van der Waals surface area (Å²) < 4.78 is 0. The molecule has 2 N–H and O–H groups in total. The predicted octanol–water partition coefficient (Wildman–Crippen LogP) is 2.77. The zero-order valence-electron chi connectivity index (χ0n) is 11.6. The van der Waals surface area contributed by atoms with Crippen LogP contribution in [0.2, 0.25) is 5.02 Å². The van der Waals surface area contributed by atoms with E-state index in [4.69, 9.17) is 11.6 Å². The van der Waals surface area contributed by atoms with Crippen molar-refractivity contribution in [3.63, 3.8) is 0 Å².